The van der Waals surface area contributed by atoms with Gasteiger partial charge in [0.25, 0.3) is 0 Å². The van der Waals surface area contributed by atoms with Crippen LogP contribution in [-0.2, 0) is 4.79 Å². The highest BCUT2D eigenvalue weighted by Gasteiger charge is 2.14. The van der Waals surface area contributed by atoms with E-state index >= 15 is 0 Å². The molecule has 0 spiro atoms. The van der Waals surface area contributed by atoms with E-state index in [2.05, 4.69) is 31.0 Å². The Bertz CT molecular complexity index is 455. The van der Waals surface area contributed by atoms with Crippen molar-refractivity contribution < 1.29 is 4.79 Å². The summed E-state index contributed by atoms with van der Waals surface area (Å²) >= 11 is 0. The summed E-state index contributed by atoms with van der Waals surface area (Å²) in [6, 6.07) is 5.58. The largest absolute Gasteiger partial charge is 0.399 e. The Balaban J connectivity index is 2.60. The monoisotopic (exact) mass is 291 g/mol. The summed E-state index contributed by atoms with van der Waals surface area (Å²) in [7, 11) is 0. The number of aryl methyl sites for hydroxylation is 1. The highest BCUT2D eigenvalue weighted by molar-refractivity contribution is 5.93. The summed E-state index contributed by atoms with van der Waals surface area (Å²) in [6.07, 6.45) is 2.31. The molecule has 1 aromatic carbocycles. The number of nitrogens with zero attached hydrogens (tertiary/aromatic N) is 1. The van der Waals surface area contributed by atoms with Gasteiger partial charge in [-0.05, 0) is 37.1 Å². The predicted octanol–water partition coefficient (Wildman–Crippen LogP) is 3.27. The maximum absolute atomic E-state index is 12.2. The minimum absolute atomic E-state index is 0.0245. The molecule has 0 aliphatic carbocycles. The van der Waals surface area contributed by atoms with Crippen LogP contribution in [0.2, 0.25) is 0 Å². The number of carbonyl (C=O) groups excluding carboxylic acids is 1. The fourth-order valence-corrected chi connectivity index (χ4v) is 2.38. The van der Waals surface area contributed by atoms with Crippen LogP contribution in [0.1, 0.15) is 39.2 Å². The Morgan fingerprint density at radius 2 is 1.95 bits per heavy atom. The third-order valence-corrected chi connectivity index (χ3v) is 4.02. The van der Waals surface area contributed by atoms with Crippen molar-refractivity contribution >= 4 is 17.3 Å². The Kier molecular flexibility index (Phi) is 7.23. The van der Waals surface area contributed by atoms with Crippen LogP contribution < -0.4 is 11.1 Å². The first-order valence-electron chi connectivity index (χ1n) is 7.88. The van der Waals surface area contributed by atoms with Gasteiger partial charge in [0.1, 0.15) is 0 Å². The van der Waals surface area contributed by atoms with Gasteiger partial charge in [-0.2, -0.15) is 0 Å². The molecule has 1 amide bonds. The van der Waals surface area contributed by atoms with Gasteiger partial charge in [-0.25, -0.2) is 0 Å². The molecule has 4 nitrogen and oxygen atoms in total. The van der Waals surface area contributed by atoms with Crippen LogP contribution in [0.4, 0.5) is 11.4 Å². The summed E-state index contributed by atoms with van der Waals surface area (Å²) < 4.78 is 0. The number of nitrogens with one attached hydrogen (secondary N) is 1. The van der Waals surface area contributed by atoms with Crippen LogP contribution in [0.25, 0.3) is 0 Å². The van der Waals surface area contributed by atoms with Crippen LogP contribution in [0.15, 0.2) is 18.2 Å². The zero-order valence-electron chi connectivity index (χ0n) is 13.8. The zero-order chi connectivity index (χ0) is 15.8. The lowest BCUT2D eigenvalue weighted by atomic mass is 10.0. The van der Waals surface area contributed by atoms with E-state index in [4.69, 9.17) is 5.73 Å². The molecule has 0 bridgehead atoms. The second-order valence-corrected chi connectivity index (χ2v) is 5.63. The molecule has 1 aromatic rings. The maximum atomic E-state index is 12.2. The first kappa shape index (κ1) is 17.5. The summed E-state index contributed by atoms with van der Waals surface area (Å²) in [5.41, 5.74) is 8.27. The van der Waals surface area contributed by atoms with Gasteiger partial charge in [-0.3, -0.25) is 9.69 Å². The molecule has 0 aliphatic rings. The lowest BCUT2D eigenvalue weighted by molar-refractivity contribution is -0.117. The molecule has 0 radical (unpaired) electrons. The van der Waals surface area contributed by atoms with Gasteiger partial charge in [0.05, 0.1) is 6.54 Å². The number of likely N-dealkylation sites (N-methyl/N-ethyl adjacent to an activating group) is 1. The van der Waals surface area contributed by atoms with E-state index in [1.807, 2.05) is 25.1 Å². The van der Waals surface area contributed by atoms with Gasteiger partial charge >= 0.3 is 0 Å². The lowest BCUT2D eigenvalue weighted by Crippen LogP contribution is -2.36. The SMILES string of the molecule is CCC(CC)CN(CC)CC(=O)Nc1cc(N)ccc1C. The molecular formula is C17H29N3O. The molecule has 3 N–H and O–H groups in total. The normalized spacial score (nSPS) is 11.1. The van der Waals surface area contributed by atoms with Crippen molar-refractivity contribution in [2.45, 2.75) is 40.5 Å². The molecular weight excluding hydrogens is 262 g/mol. The molecule has 1 rings (SSSR count). The number of hydrogen-bond acceptors (Lipinski definition) is 3. The van der Waals surface area contributed by atoms with Gasteiger partial charge < -0.3 is 11.1 Å². The minimum Gasteiger partial charge on any atom is -0.399 e. The number of anilines is 2. The van der Waals surface area contributed by atoms with Crippen molar-refractivity contribution in [1.82, 2.24) is 4.90 Å². The molecule has 0 fully saturated rings. The quantitative estimate of drug-likeness (QED) is 0.723. The van der Waals surface area contributed by atoms with Crippen molar-refractivity contribution in [3.8, 4) is 0 Å². The van der Waals surface area contributed by atoms with Crippen molar-refractivity contribution in [3.63, 3.8) is 0 Å². The van der Waals surface area contributed by atoms with E-state index < -0.39 is 0 Å². The maximum Gasteiger partial charge on any atom is 0.238 e. The number of hydrogen-bond donors (Lipinski definition) is 2. The average molecular weight is 291 g/mol. The fraction of sp³-hybridized carbons (Fsp3) is 0.588. The van der Waals surface area contributed by atoms with Crippen LogP contribution in [0.3, 0.4) is 0 Å². The topological polar surface area (TPSA) is 58.4 Å². The molecule has 0 heterocycles. The molecule has 21 heavy (non-hydrogen) atoms. The summed E-state index contributed by atoms with van der Waals surface area (Å²) in [6.45, 7) is 10.8. The van der Waals surface area contributed by atoms with E-state index in [1.54, 1.807) is 0 Å². The smallest absolute Gasteiger partial charge is 0.238 e. The summed E-state index contributed by atoms with van der Waals surface area (Å²) in [4.78, 5) is 14.4. The molecule has 0 atom stereocenters. The third-order valence-electron chi connectivity index (χ3n) is 4.02. The van der Waals surface area contributed by atoms with Gasteiger partial charge in [-0.1, -0.05) is 39.7 Å². The first-order valence-corrected chi connectivity index (χ1v) is 7.88. The van der Waals surface area contributed by atoms with E-state index in [1.165, 1.54) is 0 Å². The van der Waals surface area contributed by atoms with E-state index in [9.17, 15) is 4.79 Å². The fourth-order valence-electron chi connectivity index (χ4n) is 2.38. The Hall–Kier alpha value is -1.55. The van der Waals surface area contributed by atoms with Crippen LogP contribution in [-0.4, -0.2) is 30.4 Å². The molecule has 0 saturated heterocycles. The number of rotatable bonds is 8. The van der Waals surface area contributed by atoms with Gasteiger partial charge in [0.15, 0.2) is 0 Å². The average Bonchev–Trinajstić information content (AvgIpc) is 2.47. The van der Waals surface area contributed by atoms with Gasteiger partial charge in [0.2, 0.25) is 5.91 Å². The highest BCUT2D eigenvalue weighted by Crippen LogP contribution is 2.18. The van der Waals surface area contributed by atoms with Crippen molar-refractivity contribution in [1.29, 1.82) is 0 Å². The van der Waals surface area contributed by atoms with Crippen LogP contribution >= 0.6 is 0 Å². The van der Waals surface area contributed by atoms with E-state index in [0.717, 1.165) is 37.2 Å². The van der Waals surface area contributed by atoms with Gasteiger partial charge in [-0.15, -0.1) is 0 Å². The number of benzene rings is 1. The Morgan fingerprint density at radius 3 is 2.52 bits per heavy atom. The Labute approximate surface area is 128 Å². The number of carbonyl (C=O) groups is 1. The molecule has 0 aromatic heterocycles. The van der Waals surface area contributed by atoms with Crippen LogP contribution in [0, 0.1) is 12.8 Å². The van der Waals surface area contributed by atoms with Crippen LogP contribution in [0.5, 0.6) is 0 Å². The third kappa shape index (κ3) is 5.76. The van der Waals surface area contributed by atoms with Crippen molar-refractivity contribution in [3.05, 3.63) is 23.8 Å². The number of nitrogen functional groups attached to an aromatic ring is 1. The zero-order valence-corrected chi connectivity index (χ0v) is 13.8. The number of amides is 1. The summed E-state index contributed by atoms with van der Waals surface area (Å²) in [5.74, 6) is 0.684. The summed E-state index contributed by atoms with van der Waals surface area (Å²) in [5, 5.41) is 2.96. The predicted molar refractivity (Wildman–Crippen MR) is 90.4 cm³/mol. The standard InChI is InChI=1S/C17H29N3O/c1-5-14(6-2)11-20(7-3)12-17(21)19-16-10-15(18)9-8-13(16)4/h8-10,14H,5-7,11-12,18H2,1-4H3,(H,19,21). The first-order chi connectivity index (χ1) is 9.99. The number of nitrogens with two attached hydrogens (primary N) is 1. The minimum atomic E-state index is 0.0245. The molecule has 0 aliphatic heterocycles. The second-order valence-electron chi connectivity index (χ2n) is 5.63. The molecule has 0 unspecified atom stereocenters. The van der Waals surface area contributed by atoms with Crippen molar-refractivity contribution in [2.75, 3.05) is 30.7 Å². The molecule has 4 heteroatoms. The molecule has 118 valence electrons. The highest BCUT2D eigenvalue weighted by atomic mass is 16.2. The van der Waals surface area contributed by atoms with E-state index in [0.29, 0.717) is 18.2 Å². The lowest BCUT2D eigenvalue weighted by Gasteiger charge is -2.24. The Morgan fingerprint density at radius 1 is 1.29 bits per heavy atom. The second kappa shape index (κ2) is 8.67. The van der Waals surface area contributed by atoms with Gasteiger partial charge in [0, 0.05) is 17.9 Å². The van der Waals surface area contributed by atoms with Crippen molar-refractivity contribution in [2.24, 2.45) is 5.92 Å². The molecule has 0 saturated carbocycles. The van der Waals surface area contributed by atoms with E-state index in [-0.39, 0.29) is 5.91 Å².